The normalized spacial score (nSPS) is 12.4. The molecule has 19 heavy (non-hydrogen) atoms. The maximum atomic E-state index is 13.2. The van der Waals surface area contributed by atoms with Crippen molar-refractivity contribution in [2.45, 2.75) is 12.5 Å². The number of nitrogens with zero attached hydrogens (tertiary/aromatic N) is 1. The molecule has 1 heterocycles. The van der Waals surface area contributed by atoms with Crippen molar-refractivity contribution in [1.29, 1.82) is 0 Å². The van der Waals surface area contributed by atoms with E-state index in [0.717, 1.165) is 11.8 Å². The second kappa shape index (κ2) is 6.30. The Labute approximate surface area is 120 Å². The highest BCUT2D eigenvalue weighted by atomic mass is 35.5. The maximum Gasteiger partial charge on any atom is 0.141 e. The predicted molar refractivity (Wildman–Crippen MR) is 74.4 cm³/mol. The topological polar surface area (TPSA) is 50.9 Å². The Morgan fingerprint density at radius 2 is 2.11 bits per heavy atom. The zero-order chi connectivity index (χ0) is 13.8. The van der Waals surface area contributed by atoms with E-state index in [0.29, 0.717) is 22.0 Å². The Morgan fingerprint density at radius 3 is 2.79 bits per heavy atom. The Bertz CT molecular complexity index is 578. The predicted octanol–water partition coefficient (Wildman–Crippen LogP) is 3.27. The van der Waals surface area contributed by atoms with Gasteiger partial charge in [0.2, 0.25) is 0 Å². The molecule has 2 aromatic rings. The van der Waals surface area contributed by atoms with Crippen LogP contribution < -0.4 is 11.3 Å². The van der Waals surface area contributed by atoms with Crippen LogP contribution in [0, 0.1) is 5.82 Å². The van der Waals surface area contributed by atoms with Crippen LogP contribution >= 0.6 is 23.2 Å². The summed E-state index contributed by atoms with van der Waals surface area (Å²) in [5.41, 5.74) is 4.12. The molecule has 6 heteroatoms. The van der Waals surface area contributed by atoms with Gasteiger partial charge in [0, 0.05) is 6.20 Å². The number of pyridine rings is 1. The first-order valence-corrected chi connectivity index (χ1v) is 6.37. The van der Waals surface area contributed by atoms with Crippen molar-refractivity contribution in [2.24, 2.45) is 5.84 Å². The van der Waals surface area contributed by atoms with Crippen LogP contribution in [0.2, 0.25) is 10.0 Å². The third-order valence-corrected chi connectivity index (χ3v) is 3.64. The molecule has 1 aromatic heterocycles. The summed E-state index contributed by atoms with van der Waals surface area (Å²) in [7, 11) is 0. The highest BCUT2D eigenvalue weighted by molar-refractivity contribution is 6.42. The number of benzene rings is 1. The molecule has 2 rings (SSSR count). The van der Waals surface area contributed by atoms with E-state index in [2.05, 4.69) is 10.4 Å². The summed E-state index contributed by atoms with van der Waals surface area (Å²) in [4.78, 5) is 3.81. The molecular weight excluding hydrogens is 288 g/mol. The summed E-state index contributed by atoms with van der Waals surface area (Å²) < 4.78 is 13.2. The van der Waals surface area contributed by atoms with Gasteiger partial charge in [-0.1, -0.05) is 35.3 Å². The lowest BCUT2D eigenvalue weighted by Gasteiger charge is -2.17. The summed E-state index contributed by atoms with van der Waals surface area (Å²) in [5, 5.41) is 0.959. The molecule has 100 valence electrons. The van der Waals surface area contributed by atoms with Gasteiger partial charge in [-0.25, -0.2) is 4.39 Å². The van der Waals surface area contributed by atoms with Crippen molar-refractivity contribution in [3.63, 3.8) is 0 Å². The second-order valence-corrected chi connectivity index (χ2v) is 4.86. The molecule has 0 saturated heterocycles. The molecule has 0 aliphatic rings. The third-order valence-electron chi connectivity index (χ3n) is 2.79. The fourth-order valence-electron chi connectivity index (χ4n) is 1.82. The minimum Gasteiger partial charge on any atom is -0.271 e. The molecule has 0 bridgehead atoms. The SMILES string of the molecule is NNC(Cc1cccc(Cl)c1Cl)c1cncc(F)c1. The van der Waals surface area contributed by atoms with Gasteiger partial charge in [0.05, 0.1) is 22.3 Å². The number of halogens is 3. The van der Waals surface area contributed by atoms with Crippen molar-refractivity contribution >= 4 is 23.2 Å². The summed E-state index contributed by atoms with van der Waals surface area (Å²) in [6.45, 7) is 0. The van der Waals surface area contributed by atoms with Crippen LogP contribution in [0.4, 0.5) is 4.39 Å². The van der Waals surface area contributed by atoms with Gasteiger partial charge in [0.15, 0.2) is 0 Å². The largest absolute Gasteiger partial charge is 0.271 e. The van der Waals surface area contributed by atoms with Crippen LogP contribution in [0.1, 0.15) is 17.2 Å². The molecule has 1 aromatic carbocycles. The minimum atomic E-state index is -0.407. The highest BCUT2D eigenvalue weighted by Crippen LogP contribution is 2.29. The molecule has 0 radical (unpaired) electrons. The van der Waals surface area contributed by atoms with Crippen molar-refractivity contribution in [2.75, 3.05) is 0 Å². The third kappa shape index (κ3) is 3.42. The highest BCUT2D eigenvalue weighted by Gasteiger charge is 2.14. The number of nitrogens with two attached hydrogens (primary N) is 1. The standard InChI is InChI=1S/C13H12Cl2FN3/c14-11-3-1-2-8(13(11)15)5-12(19-17)9-4-10(16)7-18-6-9/h1-4,6-7,12,19H,5,17H2. The van der Waals surface area contributed by atoms with Crippen molar-refractivity contribution in [3.8, 4) is 0 Å². The minimum absolute atomic E-state index is 0.292. The smallest absolute Gasteiger partial charge is 0.141 e. The molecule has 0 aliphatic heterocycles. The van der Waals surface area contributed by atoms with E-state index in [-0.39, 0.29) is 6.04 Å². The number of hydrogen-bond acceptors (Lipinski definition) is 3. The summed E-state index contributed by atoms with van der Waals surface area (Å²) in [5.74, 6) is 5.11. The lowest BCUT2D eigenvalue weighted by Crippen LogP contribution is -2.29. The van der Waals surface area contributed by atoms with Gasteiger partial charge in [0.25, 0.3) is 0 Å². The van der Waals surface area contributed by atoms with Crippen molar-refractivity contribution < 1.29 is 4.39 Å². The quantitative estimate of drug-likeness (QED) is 0.673. The Morgan fingerprint density at radius 1 is 1.32 bits per heavy atom. The van der Waals surface area contributed by atoms with Crippen LogP contribution in [-0.2, 0) is 6.42 Å². The first-order chi connectivity index (χ1) is 9.11. The molecule has 1 unspecified atom stereocenters. The first-order valence-electron chi connectivity index (χ1n) is 5.61. The van der Waals surface area contributed by atoms with Crippen LogP contribution in [-0.4, -0.2) is 4.98 Å². The molecule has 0 spiro atoms. The van der Waals surface area contributed by atoms with Crippen LogP contribution in [0.3, 0.4) is 0 Å². The summed E-state index contributed by atoms with van der Waals surface area (Å²) in [6, 6.07) is 6.46. The second-order valence-electron chi connectivity index (χ2n) is 4.07. The van der Waals surface area contributed by atoms with Crippen LogP contribution in [0.15, 0.2) is 36.7 Å². The Hall–Kier alpha value is -1.20. The van der Waals surface area contributed by atoms with Gasteiger partial charge in [-0.15, -0.1) is 0 Å². The number of rotatable bonds is 4. The van der Waals surface area contributed by atoms with Crippen LogP contribution in [0.5, 0.6) is 0 Å². The monoisotopic (exact) mass is 299 g/mol. The van der Waals surface area contributed by atoms with E-state index in [1.165, 1.54) is 6.07 Å². The zero-order valence-corrected chi connectivity index (χ0v) is 11.4. The zero-order valence-electron chi connectivity index (χ0n) is 9.91. The average Bonchev–Trinajstić information content (AvgIpc) is 2.40. The summed E-state index contributed by atoms with van der Waals surface area (Å²) >= 11 is 12.1. The molecule has 0 aliphatic carbocycles. The van der Waals surface area contributed by atoms with E-state index in [9.17, 15) is 4.39 Å². The van der Waals surface area contributed by atoms with E-state index in [4.69, 9.17) is 29.0 Å². The Balaban J connectivity index is 2.26. The van der Waals surface area contributed by atoms with Gasteiger partial charge >= 0.3 is 0 Å². The molecule has 0 saturated carbocycles. The van der Waals surface area contributed by atoms with Gasteiger partial charge in [-0.3, -0.25) is 16.3 Å². The lowest BCUT2D eigenvalue weighted by molar-refractivity contribution is 0.541. The molecular formula is C13H12Cl2FN3. The van der Waals surface area contributed by atoms with Crippen molar-refractivity contribution in [3.05, 3.63) is 63.6 Å². The fraction of sp³-hybridized carbons (Fsp3) is 0.154. The number of aromatic nitrogens is 1. The molecule has 3 nitrogen and oxygen atoms in total. The molecule has 0 amide bonds. The maximum absolute atomic E-state index is 13.2. The molecule has 3 N–H and O–H groups in total. The Kier molecular flexibility index (Phi) is 4.71. The first kappa shape index (κ1) is 14.2. The molecule has 0 fully saturated rings. The van der Waals surface area contributed by atoms with Crippen LogP contribution in [0.25, 0.3) is 0 Å². The van der Waals surface area contributed by atoms with Gasteiger partial charge in [-0.2, -0.15) is 0 Å². The van der Waals surface area contributed by atoms with E-state index >= 15 is 0 Å². The molecule has 1 atom stereocenters. The van der Waals surface area contributed by atoms with Gasteiger partial charge in [0.1, 0.15) is 5.82 Å². The number of hydrazine groups is 1. The summed E-state index contributed by atoms with van der Waals surface area (Å²) in [6.07, 6.45) is 3.19. The van der Waals surface area contributed by atoms with Crippen molar-refractivity contribution in [1.82, 2.24) is 10.4 Å². The van der Waals surface area contributed by atoms with Gasteiger partial charge < -0.3 is 0 Å². The van der Waals surface area contributed by atoms with Gasteiger partial charge in [-0.05, 0) is 29.7 Å². The van der Waals surface area contributed by atoms with E-state index in [1.54, 1.807) is 18.3 Å². The lowest BCUT2D eigenvalue weighted by atomic mass is 10.0. The average molecular weight is 300 g/mol. The number of nitrogens with one attached hydrogen (secondary N) is 1. The van der Waals surface area contributed by atoms with E-state index in [1.807, 2.05) is 6.07 Å². The fourth-order valence-corrected chi connectivity index (χ4v) is 2.22. The van der Waals surface area contributed by atoms with E-state index < -0.39 is 5.82 Å². The number of hydrogen-bond donors (Lipinski definition) is 2.